The van der Waals surface area contributed by atoms with E-state index in [1.54, 1.807) is 0 Å². The first-order valence-corrected chi connectivity index (χ1v) is 12.5. The van der Waals surface area contributed by atoms with E-state index in [-0.39, 0.29) is 24.1 Å². The molecule has 220 valence electrons. The third-order valence-electron chi connectivity index (χ3n) is 3.29. The van der Waals surface area contributed by atoms with Crippen LogP contribution in [0.25, 0.3) is 0 Å². The Balaban J connectivity index is -0.0000000838. The molecule has 0 radical (unpaired) electrons. The molecule has 0 rings (SSSR count). The van der Waals surface area contributed by atoms with Crippen molar-refractivity contribution in [2.45, 2.75) is 86.0 Å². The summed E-state index contributed by atoms with van der Waals surface area (Å²) >= 11 is 0. The number of carbonyl (C=O) groups excluding carboxylic acids is 5. The smallest absolute Gasteiger partial charge is 0.373 e. The Hall–Kier alpha value is -3.51. The molecule has 0 N–H and O–H groups in total. The second kappa shape index (κ2) is 54.4. The lowest BCUT2D eigenvalue weighted by Gasteiger charge is -1.90. The average Bonchev–Trinajstić information content (AvgIpc) is 2.93. The van der Waals surface area contributed by atoms with Crippen LogP contribution in [-0.2, 0) is 38.2 Å². The number of carbonyl (C=O) groups is 3. The molecule has 0 bridgehead atoms. The number of hydrogen-bond donors (Lipinski definition) is 0. The molecule has 8 nitrogen and oxygen atoms in total. The van der Waals surface area contributed by atoms with E-state index >= 15 is 0 Å². The van der Waals surface area contributed by atoms with Gasteiger partial charge in [0.1, 0.15) is 0 Å². The summed E-state index contributed by atoms with van der Waals surface area (Å²) in [4.78, 5) is 47.2. The van der Waals surface area contributed by atoms with Gasteiger partial charge in [0.25, 0.3) is 0 Å². The summed E-state index contributed by atoms with van der Waals surface area (Å²) in [6, 6.07) is 0. The van der Waals surface area contributed by atoms with E-state index in [0.717, 1.165) is 19.3 Å². The molecule has 0 saturated carbocycles. The van der Waals surface area contributed by atoms with Gasteiger partial charge in [0, 0.05) is 0 Å². The van der Waals surface area contributed by atoms with Crippen LogP contribution in [0.15, 0.2) is 61.8 Å². The number of ether oxygens (including phenoxy) is 3. The van der Waals surface area contributed by atoms with Gasteiger partial charge in [-0.2, -0.15) is 9.59 Å². The maximum absolute atomic E-state index is 10.4. The zero-order chi connectivity index (χ0) is 30.9. The van der Waals surface area contributed by atoms with Gasteiger partial charge in [0.15, 0.2) is 0 Å². The third-order valence-corrected chi connectivity index (χ3v) is 3.29. The normalized spacial score (nSPS) is 8.63. The number of esters is 3. The zero-order valence-electron chi connectivity index (χ0n) is 25.0. The van der Waals surface area contributed by atoms with Crippen molar-refractivity contribution in [3.8, 4) is 0 Å². The van der Waals surface area contributed by atoms with Gasteiger partial charge in [-0.15, -0.1) is 13.2 Å². The second-order valence-corrected chi connectivity index (χ2v) is 6.46. The van der Waals surface area contributed by atoms with E-state index in [1.165, 1.54) is 40.2 Å². The summed E-state index contributed by atoms with van der Waals surface area (Å²) in [6.45, 7) is 17.2. The van der Waals surface area contributed by atoms with Crippen LogP contribution in [0.2, 0.25) is 0 Å². The lowest BCUT2D eigenvalue weighted by Crippen LogP contribution is -1.96. The van der Waals surface area contributed by atoms with Gasteiger partial charge in [-0.25, -0.2) is 0 Å². The Kier molecular flexibility index (Phi) is 68.2. The van der Waals surface area contributed by atoms with Gasteiger partial charge in [-0.1, -0.05) is 83.2 Å². The van der Waals surface area contributed by atoms with Crippen molar-refractivity contribution in [1.82, 2.24) is 0 Å². The quantitative estimate of drug-likeness (QED) is 0.154. The number of allylic oxidation sites excluding steroid dienone is 5. The molecule has 0 heterocycles. The highest BCUT2D eigenvalue weighted by molar-refractivity contribution is 5.71. The Morgan fingerprint density at radius 2 is 0.763 bits per heavy atom. The van der Waals surface area contributed by atoms with Crippen LogP contribution in [0, 0.1) is 0 Å². The highest BCUT2D eigenvalue weighted by Gasteiger charge is 1.92. The van der Waals surface area contributed by atoms with E-state index in [2.05, 4.69) is 60.3 Å². The van der Waals surface area contributed by atoms with Gasteiger partial charge >= 0.3 is 24.1 Å². The Morgan fingerprint density at radius 1 is 0.526 bits per heavy atom. The minimum atomic E-state index is -0.241. The van der Waals surface area contributed by atoms with Crippen molar-refractivity contribution in [3.63, 3.8) is 0 Å². The lowest BCUT2D eigenvalue weighted by atomic mass is 10.3. The topological polar surface area (TPSA) is 113 Å². The molecule has 8 heteroatoms. The molecule has 0 aromatic heterocycles. The minimum Gasteiger partial charge on any atom is -0.469 e. The molecule has 0 aromatic carbocycles. The first-order chi connectivity index (χ1) is 18.2. The van der Waals surface area contributed by atoms with Crippen molar-refractivity contribution in [2.24, 2.45) is 0 Å². The third kappa shape index (κ3) is 84.8. The summed E-state index contributed by atoms with van der Waals surface area (Å²) in [5.41, 5.74) is 0. The minimum absolute atomic E-state index is 0.181. The summed E-state index contributed by atoms with van der Waals surface area (Å²) in [5, 5.41) is 0. The van der Waals surface area contributed by atoms with E-state index in [0.29, 0.717) is 19.3 Å². The zero-order valence-corrected chi connectivity index (χ0v) is 25.0. The van der Waals surface area contributed by atoms with Crippen molar-refractivity contribution in [3.05, 3.63) is 61.8 Å². The molecule has 0 aliphatic carbocycles. The number of methoxy groups -OCH3 is 3. The predicted molar refractivity (Wildman–Crippen MR) is 154 cm³/mol. The van der Waals surface area contributed by atoms with Crippen LogP contribution in [0.4, 0.5) is 0 Å². The monoisotopic (exact) mass is 540 g/mol. The first-order valence-electron chi connectivity index (χ1n) is 12.5. The predicted octanol–water partition coefficient (Wildman–Crippen LogP) is 7.13. The molecule has 0 saturated heterocycles. The standard InChI is InChI=1S/2C7H12O2.C6H12.C5H8O2.C4H8.CO2/c2*1-3-4-5-6-7(8)9-2;1-3-5-6-4-2;1-3-4-5(6)7-2;1-3-4-2;2-1-3/h2*4-5H,3,6H2,1-2H3;5-6H,3-4H2,1-2H3;3H,1,4H2,2H3;3H,1,4H2,2H3;/b2*5-4-;6-5-;;;. The SMILES string of the molecule is C=CCC.C=CCC(=O)OC.CC/C=C\CC.CC/C=C\CC(=O)OC.CC/C=C\CC(=O)OC.O=C=O. The fraction of sp³-hybridized carbons (Fsp3) is 0.533. The van der Waals surface area contributed by atoms with E-state index in [1.807, 2.05) is 44.2 Å². The molecule has 0 aliphatic rings. The van der Waals surface area contributed by atoms with Gasteiger partial charge in [0.05, 0.1) is 40.6 Å². The van der Waals surface area contributed by atoms with Crippen molar-refractivity contribution in [1.29, 1.82) is 0 Å². The summed E-state index contributed by atoms with van der Waals surface area (Å²) in [5.74, 6) is -0.602. The molecule has 0 atom stereocenters. The maximum Gasteiger partial charge on any atom is 0.373 e. The Labute approximate surface area is 231 Å². The molecule has 0 aromatic rings. The Morgan fingerprint density at radius 3 is 0.921 bits per heavy atom. The van der Waals surface area contributed by atoms with Gasteiger partial charge in [0.2, 0.25) is 0 Å². The average molecular weight is 541 g/mol. The summed E-state index contributed by atoms with van der Waals surface area (Å²) in [6.07, 6.45) is 22.0. The Bertz CT molecular complexity index is 607. The molecular formula is C30H52O8. The van der Waals surface area contributed by atoms with Gasteiger partial charge < -0.3 is 14.2 Å². The second-order valence-electron chi connectivity index (χ2n) is 6.46. The highest BCUT2D eigenvalue weighted by atomic mass is 16.5. The van der Waals surface area contributed by atoms with Crippen LogP contribution in [-0.4, -0.2) is 45.4 Å². The van der Waals surface area contributed by atoms with E-state index in [4.69, 9.17) is 9.59 Å². The van der Waals surface area contributed by atoms with E-state index < -0.39 is 0 Å². The highest BCUT2D eigenvalue weighted by Crippen LogP contribution is 1.88. The number of hydrogen-bond acceptors (Lipinski definition) is 8. The first kappa shape index (κ1) is 47.7. The number of rotatable bonds is 11. The largest absolute Gasteiger partial charge is 0.469 e. The molecule has 0 aliphatic heterocycles. The van der Waals surface area contributed by atoms with Crippen LogP contribution < -0.4 is 0 Å². The lowest BCUT2D eigenvalue weighted by molar-refractivity contribution is -0.191. The molecule has 38 heavy (non-hydrogen) atoms. The van der Waals surface area contributed by atoms with E-state index in [9.17, 15) is 14.4 Å². The molecule has 0 unspecified atom stereocenters. The van der Waals surface area contributed by atoms with Crippen molar-refractivity contribution >= 4 is 24.1 Å². The van der Waals surface area contributed by atoms with Gasteiger partial charge in [-0.05, 0) is 32.1 Å². The fourth-order valence-corrected chi connectivity index (χ4v) is 1.39. The maximum atomic E-state index is 10.4. The van der Waals surface area contributed by atoms with Crippen LogP contribution >= 0.6 is 0 Å². The van der Waals surface area contributed by atoms with Crippen LogP contribution in [0.3, 0.4) is 0 Å². The van der Waals surface area contributed by atoms with Crippen LogP contribution in [0.1, 0.15) is 86.0 Å². The van der Waals surface area contributed by atoms with Crippen molar-refractivity contribution < 1.29 is 38.2 Å². The summed E-state index contributed by atoms with van der Waals surface area (Å²) < 4.78 is 13.1. The summed E-state index contributed by atoms with van der Waals surface area (Å²) in [7, 11) is 4.13. The van der Waals surface area contributed by atoms with Crippen LogP contribution in [0.5, 0.6) is 0 Å². The fourth-order valence-electron chi connectivity index (χ4n) is 1.39. The molecule has 0 fully saturated rings. The van der Waals surface area contributed by atoms with Crippen molar-refractivity contribution in [2.75, 3.05) is 21.3 Å². The molecule has 0 amide bonds. The molecular weight excluding hydrogens is 488 g/mol. The molecule has 0 spiro atoms. The van der Waals surface area contributed by atoms with Gasteiger partial charge in [-0.3, -0.25) is 14.4 Å².